The predicted molar refractivity (Wildman–Crippen MR) is 79.2 cm³/mol. The lowest BCUT2D eigenvalue weighted by Crippen LogP contribution is -2.00. The molecule has 0 fully saturated rings. The Labute approximate surface area is 118 Å². The quantitative estimate of drug-likeness (QED) is 0.691. The van der Waals surface area contributed by atoms with Crippen molar-refractivity contribution in [1.82, 2.24) is 10.2 Å². The Morgan fingerprint density at radius 3 is 2.95 bits per heavy atom. The van der Waals surface area contributed by atoms with Gasteiger partial charge in [-0.3, -0.25) is 5.10 Å². The Morgan fingerprint density at radius 1 is 1.26 bits per heavy atom. The van der Waals surface area contributed by atoms with Gasteiger partial charge in [0.15, 0.2) is 0 Å². The number of H-pyrrole nitrogens is 1. The van der Waals surface area contributed by atoms with Crippen LogP contribution in [0, 0.1) is 0 Å². The number of phenolic OH excluding ortho intramolecular Hbond substituents is 1. The molecule has 3 N–H and O–H groups in total. The standard InChI is InChI=1S/C14H12BrN3O/c15-10-5-12(11-8-17-18-13(11)6-10)16-7-9-3-1-2-4-14(9)19/h1-6,8,16,19H,7H2,(H,17,18). The maximum absolute atomic E-state index is 9.75. The van der Waals surface area contributed by atoms with Crippen molar-refractivity contribution in [3.8, 4) is 5.75 Å². The number of hydrogen-bond donors (Lipinski definition) is 3. The summed E-state index contributed by atoms with van der Waals surface area (Å²) in [6, 6.07) is 11.3. The highest BCUT2D eigenvalue weighted by Crippen LogP contribution is 2.27. The van der Waals surface area contributed by atoms with E-state index in [1.54, 1.807) is 12.3 Å². The van der Waals surface area contributed by atoms with E-state index in [1.807, 2.05) is 30.3 Å². The van der Waals surface area contributed by atoms with Crippen LogP contribution in [-0.4, -0.2) is 15.3 Å². The first-order chi connectivity index (χ1) is 9.24. The Hall–Kier alpha value is -2.01. The largest absolute Gasteiger partial charge is 0.508 e. The van der Waals surface area contributed by atoms with Crippen molar-refractivity contribution in [1.29, 1.82) is 0 Å². The van der Waals surface area contributed by atoms with Crippen LogP contribution >= 0.6 is 15.9 Å². The molecule has 0 aliphatic heterocycles. The number of anilines is 1. The lowest BCUT2D eigenvalue weighted by molar-refractivity contribution is 0.469. The Kier molecular flexibility index (Phi) is 3.13. The molecular weight excluding hydrogens is 306 g/mol. The molecule has 1 aromatic heterocycles. The smallest absolute Gasteiger partial charge is 0.120 e. The second kappa shape index (κ2) is 4.93. The first kappa shape index (κ1) is 12.0. The molecule has 19 heavy (non-hydrogen) atoms. The van der Waals surface area contributed by atoms with Crippen molar-refractivity contribution in [2.24, 2.45) is 0 Å². The van der Waals surface area contributed by atoms with Gasteiger partial charge >= 0.3 is 0 Å². The molecule has 5 heteroatoms. The van der Waals surface area contributed by atoms with E-state index in [0.29, 0.717) is 12.3 Å². The van der Waals surface area contributed by atoms with Crippen molar-refractivity contribution in [3.05, 3.63) is 52.6 Å². The second-order valence-corrected chi connectivity index (χ2v) is 5.18. The van der Waals surface area contributed by atoms with Crippen molar-refractivity contribution in [2.45, 2.75) is 6.54 Å². The predicted octanol–water partition coefficient (Wildman–Crippen LogP) is 3.64. The molecule has 0 unspecified atom stereocenters. The Bertz CT molecular complexity index is 724. The highest BCUT2D eigenvalue weighted by Gasteiger charge is 2.06. The summed E-state index contributed by atoms with van der Waals surface area (Å²) in [5.41, 5.74) is 2.80. The van der Waals surface area contributed by atoms with Gasteiger partial charge in [-0.15, -0.1) is 0 Å². The van der Waals surface area contributed by atoms with Gasteiger partial charge in [-0.1, -0.05) is 34.1 Å². The first-order valence-electron chi connectivity index (χ1n) is 5.87. The third-order valence-corrected chi connectivity index (χ3v) is 3.44. The van der Waals surface area contributed by atoms with E-state index in [4.69, 9.17) is 0 Å². The number of para-hydroxylation sites is 1. The van der Waals surface area contributed by atoms with E-state index in [0.717, 1.165) is 26.6 Å². The monoisotopic (exact) mass is 317 g/mol. The topological polar surface area (TPSA) is 60.9 Å². The fourth-order valence-corrected chi connectivity index (χ4v) is 2.47. The number of fused-ring (bicyclic) bond motifs is 1. The molecule has 0 atom stereocenters. The van der Waals surface area contributed by atoms with E-state index in [1.165, 1.54) is 0 Å². The van der Waals surface area contributed by atoms with Gasteiger partial charge in [-0.25, -0.2) is 0 Å². The van der Waals surface area contributed by atoms with Gasteiger partial charge in [-0.2, -0.15) is 5.10 Å². The summed E-state index contributed by atoms with van der Waals surface area (Å²) in [5.74, 6) is 0.299. The number of nitrogens with zero attached hydrogens (tertiary/aromatic N) is 1. The van der Waals surface area contributed by atoms with Crippen LogP contribution in [0.4, 0.5) is 5.69 Å². The van der Waals surface area contributed by atoms with Gasteiger partial charge < -0.3 is 10.4 Å². The van der Waals surface area contributed by atoms with Crippen LogP contribution in [0.25, 0.3) is 10.9 Å². The van der Waals surface area contributed by atoms with Crippen LogP contribution in [0.2, 0.25) is 0 Å². The molecule has 0 aliphatic rings. The molecular formula is C14H12BrN3O. The van der Waals surface area contributed by atoms with E-state index in [9.17, 15) is 5.11 Å². The first-order valence-corrected chi connectivity index (χ1v) is 6.67. The average Bonchev–Trinajstić information content (AvgIpc) is 2.85. The zero-order valence-electron chi connectivity index (χ0n) is 10.0. The summed E-state index contributed by atoms with van der Waals surface area (Å²) in [5, 5.41) is 21.1. The normalized spacial score (nSPS) is 10.8. The molecule has 0 saturated heterocycles. The number of aromatic amines is 1. The molecule has 0 radical (unpaired) electrons. The minimum Gasteiger partial charge on any atom is -0.508 e. The number of phenols is 1. The molecule has 96 valence electrons. The number of rotatable bonds is 3. The van der Waals surface area contributed by atoms with Gasteiger partial charge in [0.05, 0.1) is 11.7 Å². The van der Waals surface area contributed by atoms with Crippen LogP contribution in [0.15, 0.2) is 47.1 Å². The second-order valence-electron chi connectivity index (χ2n) is 4.27. The van der Waals surface area contributed by atoms with Gasteiger partial charge in [0, 0.05) is 27.7 Å². The van der Waals surface area contributed by atoms with Crippen molar-refractivity contribution < 1.29 is 5.11 Å². The lowest BCUT2D eigenvalue weighted by Gasteiger charge is -2.09. The number of benzene rings is 2. The van der Waals surface area contributed by atoms with Crippen LogP contribution in [0.3, 0.4) is 0 Å². The summed E-state index contributed by atoms with van der Waals surface area (Å²) in [4.78, 5) is 0. The van der Waals surface area contributed by atoms with E-state index < -0.39 is 0 Å². The molecule has 2 aromatic carbocycles. The third-order valence-electron chi connectivity index (χ3n) is 2.98. The van der Waals surface area contributed by atoms with Crippen LogP contribution < -0.4 is 5.32 Å². The number of hydrogen-bond acceptors (Lipinski definition) is 3. The van der Waals surface area contributed by atoms with Crippen LogP contribution in [-0.2, 0) is 6.54 Å². The summed E-state index contributed by atoms with van der Waals surface area (Å²) < 4.78 is 0.976. The third kappa shape index (κ3) is 2.42. The fraction of sp³-hybridized carbons (Fsp3) is 0.0714. The number of aromatic nitrogens is 2. The van der Waals surface area contributed by atoms with Gasteiger partial charge in [-0.05, 0) is 18.2 Å². The fourth-order valence-electron chi connectivity index (χ4n) is 2.01. The van der Waals surface area contributed by atoms with Crippen molar-refractivity contribution in [2.75, 3.05) is 5.32 Å². The molecule has 0 aliphatic carbocycles. The molecule has 0 bridgehead atoms. The lowest BCUT2D eigenvalue weighted by atomic mass is 10.2. The van der Waals surface area contributed by atoms with E-state index in [2.05, 4.69) is 31.4 Å². The van der Waals surface area contributed by atoms with Crippen LogP contribution in [0.1, 0.15) is 5.56 Å². The zero-order valence-corrected chi connectivity index (χ0v) is 11.6. The minimum absolute atomic E-state index is 0.299. The Balaban J connectivity index is 1.90. The molecule has 1 heterocycles. The molecule has 3 rings (SSSR count). The van der Waals surface area contributed by atoms with Crippen molar-refractivity contribution >= 4 is 32.5 Å². The number of halogens is 1. The molecule has 3 aromatic rings. The van der Waals surface area contributed by atoms with Gasteiger partial charge in [0.2, 0.25) is 0 Å². The maximum atomic E-state index is 9.75. The number of nitrogens with one attached hydrogen (secondary N) is 2. The Morgan fingerprint density at radius 2 is 2.11 bits per heavy atom. The molecule has 0 saturated carbocycles. The van der Waals surface area contributed by atoms with Gasteiger partial charge in [0.1, 0.15) is 5.75 Å². The SMILES string of the molecule is Oc1ccccc1CNc1cc(Br)cc2[nH]ncc12. The van der Waals surface area contributed by atoms with E-state index >= 15 is 0 Å². The number of aromatic hydroxyl groups is 1. The van der Waals surface area contributed by atoms with Crippen molar-refractivity contribution in [3.63, 3.8) is 0 Å². The molecule has 0 spiro atoms. The summed E-state index contributed by atoms with van der Waals surface area (Å²) >= 11 is 3.47. The van der Waals surface area contributed by atoms with Gasteiger partial charge in [0.25, 0.3) is 0 Å². The summed E-state index contributed by atoms with van der Waals surface area (Å²) in [6.45, 7) is 0.559. The highest BCUT2D eigenvalue weighted by molar-refractivity contribution is 9.10. The average molecular weight is 318 g/mol. The molecule has 4 nitrogen and oxygen atoms in total. The van der Waals surface area contributed by atoms with E-state index in [-0.39, 0.29) is 0 Å². The highest BCUT2D eigenvalue weighted by atomic mass is 79.9. The zero-order chi connectivity index (χ0) is 13.2. The van der Waals surface area contributed by atoms with Crippen LogP contribution in [0.5, 0.6) is 5.75 Å². The minimum atomic E-state index is 0.299. The summed E-state index contributed by atoms with van der Waals surface area (Å²) in [7, 11) is 0. The molecule has 0 amide bonds. The summed E-state index contributed by atoms with van der Waals surface area (Å²) in [6.07, 6.45) is 1.79. The maximum Gasteiger partial charge on any atom is 0.120 e.